The van der Waals surface area contributed by atoms with Gasteiger partial charge < -0.3 is 14.7 Å². The van der Waals surface area contributed by atoms with Crippen LogP contribution in [-0.2, 0) is 4.79 Å². The first-order valence-corrected chi connectivity index (χ1v) is 6.92. The van der Waals surface area contributed by atoms with Crippen molar-refractivity contribution < 1.29 is 32.6 Å². The summed E-state index contributed by atoms with van der Waals surface area (Å²) >= 11 is 0. The van der Waals surface area contributed by atoms with Crippen LogP contribution in [0.3, 0.4) is 0 Å². The zero-order chi connectivity index (χ0) is 17.6. The molecular weight excluding hydrogens is 315 g/mol. The molecule has 0 spiro atoms. The van der Waals surface area contributed by atoms with Gasteiger partial charge in [0.15, 0.2) is 6.61 Å². The van der Waals surface area contributed by atoms with Gasteiger partial charge in [-0.15, -0.1) is 0 Å². The molecule has 0 aliphatic rings. The fourth-order valence-electron chi connectivity index (χ4n) is 1.84. The molecule has 1 aromatic rings. The average Bonchev–Trinajstić information content (AvgIpc) is 2.44. The highest BCUT2D eigenvalue weighted by Gasteiger charge is 2.28. The molecule has 0 heterocycles. The van der Waals surface area contributed by atoms with E-state index >= 15 is 0 Å². The van der Waals surface area contributed by atoms with Gasteiger partial charge in [-0.3, -0.25) is 9.59 Å². The van der Waals surface area contributed by atoms with Crippen molar-refractivity contribution in [3.8, 4) is 5.75 Å². The predicted molar refractivity (Wildman–Crippen MR) is 76.4 cm³/mol. The monoisotopic (exact) mass is 333 g/mol. The first-order valence-electron chi connectivity index (χ1n) is 6.92. The number of ether oxygens (including phenoxy) is 1. The maximum Gasteiger partial charge on any atom is 0.422 e. The van der Waals surface area contributed by atoms with Crippen LogP contribution in [0, 0.1) is 0 Å². The normalized spacial score (nSPS) is 11.4. The minimum atomic E-state index is -4.43. The van der Waals surface area contributed by atoms with Crippen molar-refractivity contribution in [2.45, 2.75) is 32.5 Å². The van der Waals surface area contributed by atoms with E-state index in [1.807, 2.05) is 0 Å². The second-order valence-corrected chi connectivity index (χ2v) is 5.16. The van der Waals surface area contributed by atoms with Crippen LogP contribution in [0.5, 0.6) is 5.75 Å². The Morgan fingerprint density at radius 2 is 1.78 bits per heavy atom. The van der Waals surface area contributed by atoms with Crippen molar-refractivity contribution in [2.24, 2.45) is 0 Å². The molecule has 1 N–H and O–H groups in total. The van der Waals surface area contributed by atoms with E-state index in [4.69, 9.17) is 5.11 Å². The van der Waals surface area contributed by atoms with Crippen molar-refractivity contribution in [1.82, 2.24) is 4.90 Å². The van der Waals surface area contributed by atoms with Gasteiger partial charge in [-0.1, -0.05) is 0 Å². The smallest absolute Gasteiger partial charge is 0.422 e. The fraction of sp³-hybridized carbons (Fsp3) is 0.467. The van der Waals surface area contributed by atoms with Crippen LogP contribution in [-0.4, -0.2) is 47.3 Å². The fourth-order valence-corrected chi connectivity index (χ4v) is 1.84. The number of halogens is 3. The Morgan fingerprint density at radius 3 is 2.22 bits per heavy atom. The quantitative estimate of drug-likeness (QED) is 0.833. The zero-order valence-electron chi connectivity index (χ0n) is 12.8. The van der Waals surface area contributed by atoms with Crippen LogP contribution in [0.1, 0.15) is 30.6 Å². The summed E-state index contributed by atoms with van der Waals surface area (Å²) in [7, 11) is 0. The van der Waals surface area contributed by atoms with E-state index in [2.05, 4.69) is 4.74 Å². The van der Waals surface area contributed by atoms with Gasteiger partial charge in [-0.05, 0) is 38.1 Å². The van der Waals surface area contributed by atoms with Crippen molar-refractivity contribution in [2.75, 3.05) is 13.2 Å². The number of benzene rings is 1. The van der Waals surface area contributed by atoms with Crippen LogP contribution in [0.15, 0.2) is 24.3 Å². The third kappa shape index (κ3) is 6.58. The van der Waals surface area contributed by atoms with Crippen molar-refractivity contribution in [3.63, 3.8) is 0 Å². The minimum Gasteiger partial charge on any atom is -0.484 e. The number of amides is 1. The van der Waals surface area contributed by atoms with E-state index in [1.165, 1.54) is 29.2 Å². The highest BCUT2D eigenvalue weighted by Crippen LogP contribution is 2.19. The number of aliphatic carboxylic acids is 1. The molecule has 1 aromatic carbocycles. The highest BCUT2D eigenvalue weighted by atomic mass is 19.4. The Balaban J connectivity index is 2.76. The summed E-state index contributed by atoms with van der Waals surface area (Å²) in [6.07, 6.45) is -4.61. The van der Waals surface area contributed by atoms with Crippen molar-refractivity contribution in [1.29, 1.82) is 0 Å². The van der Waals surface area contributed by atoms with E-state index in [9.17, 15) is 22.8 Å². The molecule has 1 amide bonds. The van der Waals surface area contributed by atoms with E-state index < -0.39 is 18.8 Å². The summed E-state index contributed by atoms with van der Waals surface area (Å²) in [5.41, 5.74) is 0.253. The Morgan fingerprint density at radius 1 is 1.22 bits per heavy atom. The molecule has 0 aliphatic carbocycles. The third-order valence-electron chi connectivity index (χ3n) is 2.95. The number of carbonyl (C=O) groups excluding carboxylic acids is 1. The molecule has 8 heteroatoms. The van der Waals surface area contributed by atoms with E-state index in [0.717, 1.165) is 0 Å². The van der Waals surface area contributed by atoms with Gasteiger partial charge in [0.25, 0.3) is 5.91 Å². The number of hydrogen-bond acceptors (Lipinski definition) is 3. The number of hydrogen-bond donors (Lipinski definition) is 1. The molecule has 0 atom stereocenters. The van der Waals surface area contributed by atoms with Gasteiger partial charge in [0.05, 0.1) is 6.42 Å². The first-order chi connectivity index (χ1) is 10.6. The predicted octanol–water partition coefficient (Wildman–Crippen LogP) is 2.95. The second-order valence-electron chi connectivity index (χ2n) is 5.16. The van der Waals surface area contributed by atoms with Crippen molar-refractivity contribution >= 4 is 11.9 Å². The lowest BCUT2D eigenvalue weighted by Gasteiger charge is -2.26. The summed E-state index contributed by atoms with van der Waals surface area (Å²) in [6, 6.07) is 5.04. The summed E-state index contributed by atoms with van der Waals surface area (Å²) in [4.78, 5) is 24.4. The zero-order valence-corrected chi connectivity index (χ0v) is 12.8. The number of carbonyl (C=O) groups is 2. The largest absolute Gasteiger partial charge is 0.484 e. The molecule has 0 aliphatic heterocycles. The average molecular weight is 333 g/mol. The van der Waals surface area contributed by atoms with E-state index in [-0.39, 0.29) is 36.2 Å². The molecule has 0 fully saturated rings. The number of carboxylic acid groups (broad SMARTS) is 1. The number of alkyl halides is 3. The van der Waals surface area contributed by atoms with E-state index in [1.54, 1.807) is 13.8 Å². The maximum atomic E-state index is 12.3. The Bertz CT molecular complexity index is 541. The SMILES string of the molecule is CC(C)N(CCC(=O)O)C(=O)c1ccc(OCC(F)(F)F)cc1. The van der Waals surface area contributed by atoms with Gasteiger partial charge >= 0.3 is 12.1 Å². The first kappa shape index (κ1) is 18.8. The lowest BCUT2D eigenvalue weighted by atomic mass is 10.1. The summed E-state index contributed by atoms with van der Waals surface area (Å²) < 4.78 is 40.7. The minimum absolute atomic E-state index is 0.000470. The molecule has 128 valence electrons. The molecule has 0 radical (unpaired) electrons. The summed E-state index contributed by atoms with van der Waals surface area (Å²) in [5.74, 6) is -1.40. The number of carboxylic acids is 1. The Hall–Kier alpha value is -2.25. The molecule has 0 saturated carbocycles. The van der Waals surface area contributed by atoms with Gasteiger partial charge in [0, 0.05) is 18.2 Å². The van der Waals surface area contributed by atoms with Crippen LogP contribution >= 0.6 is 0 Å². The number of rotatable bonds is 7. The van der Waals surface area contributed by atoms with Crippen molar-refractivity contribution in [3.05, 3.63) is 29.8 Å². The Labute approximate surface area is 131 Å². The molecule has 23 heavy (non-hydrogen) atoms. The molecule has 5 nitrogen and oxygen atoms in total. The van der Waals surface area contributed by atoms with Crippen LogP contribution < -0.4 is 4.74 Å². The molecule has 0 bridgehead atoms. The summed E-state index contributed by atoms with van der Waals surface area (Å²) in [6.45, 7) is 2.15. The van der Waals surface area contributed by atoms with Gasteiger partial charge in [0.1, 0.15) is 5.75 Å². The number of nitrogens with zero attached hydrogens (tertiary/aromatic N) is 1. The van der Waals surface area contributed by atoms with Gasteiger partial charge in [0.2, 0.25) is 0 Å². The molecule has 1 rings (SSSR count). The lowest BCUT2D eigenvalue weighted by Crippen LogP contribution is -2.38. The molecule has 0 saturated heterocycles. The van der Waals surface area contributed by atoms with Crippen LogP contribution in [0.25, 0.3) is 0 Å². The standard InChI is InChI=1S/C15H18F3NO4/c1-10(2)19(8-7-13(20)21)14(22)11-3-5-12(6-4-11)23-9-15(16,17)18/h3-6,10H,7-9H2,1-2H3,(H,20,21). The van der Waals surface area contributed by atoms with E-state index in [0.29, 0.717) is 0 Å². The third-order valence-corrected chi connectivity index (χ3v) is 2.95. The molecule has 0 unspecified atom stereocenters. The highest BCUT2D eigenvalue weighted by molar-refractivity contribution is 5.94. The van der Waals surface area contributed by atoms with Crippen LogP contribution in [0.4, 0.5) is 13.2 Å². The second kappa shape index (κ2) is 7.85. The molecule has 0 aromatic heterocycles. The topological polar surface area (TPSA) is 66.8 Å². The Kier molecular flexibility index (Phi) is 6.41. The maximum absolute atomic E-state index is 12.3. The van der Waals surface area contributed by atoms with Crippen LogP contribution in [0.2, 0.25) is 0 Å². The molecular formula is C15H18F3NO4. The lowest BCUT2D eigenvalue weighted by molar-refractivity contribution is -0.153. The summed E-state index contributed by atoms with van der Waals surface area (Å²) in [5, 5.41) is 8.71. The van der Waals surface area contributed by atoms with Gasteiger partial charge in [-0.25, -0.2) is 0 Å². The van der Waals surface area contributed by atoms with Gasteiger partial charge in [-0.2, -0.15) is 13.2 Å².